The van der Waals surface area contributed by atoms with Crippen LogP contribution >= 0.6 is 0 Å². The summed E-state index contributed by atoms with van der Waals surface area (Å²) in [6, 6.07) is 0.0496. The number of piperidine rings is 1. The van der Waals surface area contributed by atoms with Crippen molar-refractivity contribution in [3.8, 4) is 6.07 Å². The fourth-order valence-electron chi connectivity index (χ4n) is 1.37. The standard InChI is InChI=1S/C7H9F3N2/c8-7(9,10)6-5(4-11)2-1-3-12-6/h5-6,12H,1-3H2. The highest BCUT2D eigenvalue weighted by Gasteiger charge is 2.45. The summed E-state index contributed by atoms with van der Waals surface area (Å²) in [5.41, 5.74) is 0. The Bertz CT molecular complexity index is 194. The first kappa shape index (κ1) is 9.33. The smallest absolute Gasteiger partial charge is 0.305 e. The van der Waals surface area contributed by atoms with Crippen LogP contribution in [-0.2, 0) is 0 Å². The Kier molecular flexibility index (Phi) is 2.58. The van der Waals surface area contributed by atoms with Gasteiger partial charge in [-0.15, -0.1) is 0 Å². The minimum absolute atomic E-state index is 0.341. The Balaban J connectivity index is 2.67. The molecule has 0 aromatic carbocycles. The van der Waals surface area contributed by atoms with Gasteiger partial charge in [0, 0.05) is 0 Å². The molecule has 0 amide bonds. The van der Waals surface area contributed by atoms with E-state index in [0.717, 1.165) is 0 Å². The van der Waals surface area contributed by atoms with Gasteiger partial charge >= 0.3 is 6.18 Å². The molecule has 0 bridgehead atoms. The predicted molar refractivity (Wildman–Crippen MR) is 36.2 cm³/mol. The molecule has 1 rings (SSSR count). The molecule has 0 radical (unpaired) electrons. The average molecular weight is 178 g/mol. The first-order valence-electron chi connectivity index (χ1n) is 3.75. The fourth-order valence-corrected chi connectivity index (χ4v) is 1.37. The van der Waals surface area contributed by atoms with Gasteiger partial charge in [-0.25, -0.2) is 0 Å². The van der Waals surface area contributed by atoms with Crippen LogP contribution in [0.25, 0.3) is 0 Å². The van der Waals surface area contributed by atoms with Crippen LogP contribution in [0, 0.1) is 17.2 Å². The fraction of sp³-hybridized carbons (Fsp3) is 0.857. The Labute approximate surface area is 68.4 Å². The molecule has 0 spiro atoms. The SMILES string of the molecule is N#CC1CCCNC1C(F)(F)F. The third kappa shape index (κ3) is 1.89. The van der Waals surface area contributed by atoms with Gasteiger partial charge < -0.3 is 5.32 Å². The molecular weight excluding hydrogens is 169 g/mol. The maximum absolute atomic E-state index is 12.2. The maximum Gasteiger partial charge on any atom is 0.405 e. The van der Waals surface area contributed by atoms with E-state index in [1.165, 1.54) is 0 Å². The second kappa shape index (κ2) is 3.31. The van der Waals surface area contributed by atoms with Gasteiger partial charge in [0.25, 0.3) is 0 Å². The number of rotatable bonds is 0. The Morgan fingerprint density at radius 1 is 1.42 bits per heavy atom. The molecule has 0 aliphatic carbocycles. The van der Waals surface area contributed by atoms with Crippen LogP contribution in [0.2, 0.25) is 0 Å². The molecule has 1 fully saturated rings. The monoisotopic (exact) mass is 178 g/mol. The van der Waals surface area contributed by atoms with Crippen LogP contribution in [0.15, 0.2) is 0 Å². The third-order valence-corrected chi connectivity index (χ3v) is 1.98. The minimum atomic E-state index is -4.29. The van der Waals surface area contributed by atoms with Gasteiger partial charge in [-0.05, 0) is 19.4 Å². The van der Waals surface area contributed by atoms with Crippen LogP contribution in [0.5, 0.6) is 0 Å². The molecule has 0 saturated carbocycles. The molecule has 12 heavy (non-hydrogen) atoms. The molecule has 0 aromatic rings. The van der Waals surface area contributed by atoms with Crippen molar-refractivity contribution < 1.29 is 13.2 Å². The lowest BCUT2D eigenvalue weighted by atomic mass is 9.92. The number of nitrogens with zero attached hydrogens (tertiary/aromatic N) is 1. The van der Waals surface area contributed by atoms with E-state index in [2.05, 4.69) is 5.32 Å². The summed E-state index contributed by atoms with van der Waals surface area (Å²) in [6.07, 6.45) is -3.31. The normalized spacial score (nSPS) is 31.2. The number of alkyl halides is 3. The molecule has 1 aliphatic heterocycles. The highest BCUT2D eigenvalue weighted by Crippen LogP contribution is 2.29. The molecule has 2 atom stereocenters. The molecule has 1 saturated heterocycles. The summed E-state index contributed by atoms with van der Waals surface area (Å²) in [6.45, 7) is 0.350. The maximum atomic E-state index is 12.2. The zero-order chi connectivity index (χ0) is 9.19. The van der Waals surface area contributed by atoms with E-state index in [1.54, 1.807) is 6.07 Å². The Morgan fingerprint density at radius 2 is 2.08 bits per heavy atom. The second-order valence-electron chi connectivity index (χ2n) is 2.85. The van der Waals surface area contributed by atoms with E-state index in [9.17, 15) is 13.2 Å². The van der Waals surface area contributed by atoms with Gasteiger partial charge in [0.2, 0.25) is 0 Å². The zero-order valence-corrected chi connectivity index (χ0v) is 6.36. The summed E-state index contributed by atoms with van der Waals surface area (Å²) in [5.74, 6) is -0.918. The van der Waals surface area contributed by atoms with E-state index in [4.69, 9.17) is 5.26 Å². The lowest BCUT2D eigenvalue weighted by Crippen LogP contribution is -2.50. The molecule has 2 unspecified atom stereocenters. The first-order valence-corrected chi connectivity index (χ1v) is 3.75. The van der Waals surface area contributed by atoms with Crippen molar-refractivity contribution in [1.82, 2.24) is 5.32 Å². The number of nitrogens with one attached hydrogen (secondary N) is 1. The van der Waals surface area contributed by atoms with Gasteiger partial charge in [-0.2, -0.15) is 18.4 Å². The number of hydrogen-bond acceptors (Lipinski definition) is 2. The molecule has 2 nitrogen and oxygen atoms in total. The van der Waals surface area contributed by atoms with Crippen LogP contribution in [0.3, 0.4) is 0 Å². The predicted octanol–water partition coefficient (Wildman–Crippen LogP) is 1.44. The lowest BCUT2D eigenvalue weighted by Gasteiger charge is -2.29. The van der Waals surface area contributed by atoms with Crippen molar-refractivity contribution in [1.29, 1.82) is 5.26 Å². The van der Waals surface area contributed by atoms with Gasteiger partial charge in [0.1, 0.15) is 6.04 Å². The van der Waals surface area contributed by atoms with Crippen LogP contribution in [0.1, 0.15) is 12.8 Å². The van der Waals surface area contributed by atoms with E-state index < -0.39 is 18.1 Å². The molecule has 0 aromatic heterocycles. The highest BCUT2D eigenvalue weighted by molar-refractivity contribution is 4.97. The molecule has 1 heterocycles. The molecular formula is C7H9F3N2. The van der Waals surface area contributed by atoms with Crippen LogP contribution < -0.4 is 5.32 Å². The summed E-state index contributed by atoms with van der Waals surface area (Å²) in [7, 11) is 0. The molecule has 1 aliphatic rings. The molecule has 68 valence electrons. The summed E-state index contributed by atoms with van der Waals surface area (Å²) in [5, 5.41) is 10.7. The minimum Gasteiger partial charge on any atom is -0.305 e. The van der Waals surface area contributed by atoms with Crippen molar-refractivity contribution in [3.63, 3.8) is 0 Å². The lowest BCUT2D eigenvalue weighted by molar-refractivity contribution is -0.167. The van der Waals surface area contributed by atoms with Gasteiger partial charge in [-0.1, -0.05) is 0 Å². The quantitative estimate of drug-likeness (QED) is 0.609. The second-order valence-corrected chi connectivity index (χ2v) is 2.85. The Hall–Kier alpha value is -0.760. The third-order valence-electron chi connectivity index (χ3n) is 1.98. The van der Waals surface area contributed by atoms with E-state index in [0.29, 0.717) is 19.4 Å². The summed E-state index contributed by atoms with van der Waals surface area (Å²) in [4.78, 5) is 0. The number of halogens is 3. The van der Waals surface area contributed by atoms with Crippen molar-refractivity contribution >= 4 is 0 Å². The van der Waals surface area contributed by atoms with Crippen molar-refractivity contribution in [2.45, 2.75) is 25.1 Å². The first-order chi connectivity index (χ1) is 5.55. The van der Waals surface area contributed by atoms with Crippen molar-refractivity contribution in [3.05, 3.63) is 0 Å². The topological polar surface area (TPSA) is 35.8 Å². The average Bonchev–Trinajstić information content (AvgIpc) is 2.03. The van der Waals surface area contributed by atoms with Crippen LogP contribution in [-0.4, -0.2) is 18.8 Å². The number of hydrogen-bond donors (Lipinski definition) is 1. The van der Waals surface area contributed by atoms with Crippen molar-refractivity contribution in [2.75, 3.05) is 6.54 Å². The van der Waals surface area contributed by atoms with E-state index in [-0.39, 0.29) is 0 Å². The van der Waals surface area contributed by atoms with E-state index >= 15 is 0 Å². The van der Waals surface area contributed by atoms with Gasteiger partial charge in [0.15, 0.2) is 0 Å². The zero-order valence-electron chi connectivity index (χ0n) is 6.36. The largest absolute Gasteiger partial charge is 0.405 e. The van der Waals surface area contributed by atoms with Gasteiger partial charge in [-0.3, -0.25) is 0 Å². The van der Waals surface area contributed by atoms with E-state index in [1.807, 2.05) is 0 Å². The van der Waals surface area contributed by atoms with Crippen LogP contribution in [0.4, 0.5) is 13.2 Å². The van der Waals surface area contributed by atoms with Crippen molar-refractivity contribution in [2.24, 2.45) is 5.92 Å². The van der Waals surface area contributed by atoms with Gasteiger partial charge in [0.05, 0.1) is 12.0 Å². The number of nitriles is 1. The highest BCUT2D eigenvalue weighted by atomic mass is 19.4. The Morgan fingerprint density at radius 3 is 2.50 bits per heavy atom. The molecule has 1 N–H and O–H groups in total. The molecule has 5 heteroatoms. The summed E-state index contributed by atoms with van der Waals surface area (Å²) < 4.78 is 36.5. The summed E-state index contributed by atoms with van der Waals surface area (Å²) >= 11 is 0.